The molecular weight excluding hydrogens is 460 g/mol. The summed E-state index contributed by atoms with van der Waals surface area (Å²) in [5.74, 6) is 1.38. The van der Waals surface area contributed by atoms with Gasteiger partial charge in [-0.05, 0) is 54.6 Å². The molecule has 0 atom stereocenters. The molecule has 1 aliphatic heterocycles. The van der Waals surface area contributed by atoms with Crippen LogP contribution in [0.4, 0.5) is 17.1 Å². The maximum atomic E-state index is 13.9. The highest BCUT2D eigenvalue weighted by Crippen LogP contribution is 2.51. The average Bonchev–Trinajstić information content (AvgIpc) is 2.95. The van der Waals surface area contributed by atoms with E-state index in [-0.39, 0.29) is 10.9 Å². The number of para-hydroxylation sites is 5. The molecule has 0 amide bonds. The Kier molecular flexibility index (Phi) is 3.90. The third-order valence-corrected chi connectivity index (χ3v) is 7.28. The molecule has 0 saturated heterocycles. The van der Waals surface area contributed by atoms with Gasteiger partial charge < -0.3 is 14.0 Å². The molecule has 174 valence electrons. The molecule has 0 bridgehead atoms. The number of anilines is 3. The van der Waals surface area contributed by atoms with E-state index in [1.807, 2.05) is 95.4 Å². The quantitative estimate of drug-likeness (QED) is 0.186. The monoisotopic (exact) mass is 478 g/mol. The number of hydrogen-bond acceptors (Lipinski definition) is 4. The second-order valence-corrected chi connectivity index (χ2v) is 9.29. The van der Waals surface area contributed by atoms with Crippen molar-refractivity contribution in [2.45, 2.75) is 0 Å². The van der Waals surface area contributed by atoms with Gasteiger partial charge in [0, 0.05) is 33.3 Å². The zero-order chi connectivity index (χ0) is 24.7. The van der Waals surface area contributed by atoms with Gasteiger partial charge in [0.25, 0.3) is 0 Å². The first kappa shape index (κ1) is 20.1. The Morgan fingerprint density at radius 2 is 1.19 bits per heavy atom. The molecule has 1 aliphatic rings. The third-order valence-electron chi connectivity index (χ3n) is 7.28. The van der Waals surface area contributed by atoms with Gasteiger partial charge in [0.1, 0.15) is 0 Å². The molecule has 5 nitrogen and oxygen atoms in total. The van der Waals surface area contributed by atoms with E-state index in [1.54, 1.807) is 18.2 Å². The summed E-state index contributed by atoms with van der Waals surface area (Å²) < 4.78 is 8.46. The van der Waals surface area contributed by atoms with Crippen LogP contribution >= 0.6 is 0 Å². The lowest BCUT2D eigenvalue weighted by molar-refractivity contribution is 0.477. The van der Waals surface area contributed by atoms with Crippen LogP contribution < -0.4 is 20.5 Å². The van der Waals surface area contributed by atoms with Crippen molar-refractivity contribution in [3.63, 3.8) is 0 Å². The Labute approximate surface area is 210 Å². The SMILES string of the molecule is O=c1c2ccccc2n2c3cc4c(cc3c(=O)c3cccc1c32)N(c1ccccc1)c1ccccc1O4. The lowest BCUT2D eigenvalue weighted by Crippen LogP contribution is -2.18. The highest BCUT2D eigenvalue weighted by atomic mass is 16.5. The zero-order valence-corrected chi connectivity index (χ0v) is 19.5. The highest BCUT2D eigenvalue weighted by Gasteiger charge is 2.28. The van der Waals surface area contributed by atoms with Gasteiger partial charge in [-0.3, -0.25) is 9.59 Å². The molecule has 2 aromatic heterocycles. The molecule has 0 radical (unpaired) electrons. The van der Waals surface area contributed by atoms with Gasteiger partial charge in [0.2, 0.25) is 0 Å². The minimum atomic E-state index is -0.107. The van der Waals surface area contributed by atoms with Gasteiger partial charge in [-0.25, -0.2) is 0 Å². The van der Waals surface area contributed by atoms with Crippen LogP contribution in [0.2, 0.25) is 0 Å². The van der Waals surface area contributed by atoms with E-state index in [4.69, 9.17) is 4.74 Å². The van der Waals surface area contributed by atoms with Crippen molar-refractivity contribution in [1.82, 2.24) is 4.40 Å². The van der Waals surface area contributed by atoms with E-state index >= 15 is 0 Å². The van der Waals surface area contributed by atoms with Gasteiger partial charge in [0.05, 0.1) is 27.9 Å². The minimum Gasteiger partial charge on any atom is -0.453 e. The fraction of sp³-hybridized carbons (Fsp3) is 0. The number of aromatic nitrogens is 1. The molecule has 5 aromatic carbocycles. The Morgan fingerprint density at radius 1 is 0.514 bits per heavy atom. The lowest BCUT2D eigenvalue weighted by Gasteiger charge is -2.33. The number of pyridine rings is 2. The van der Waals surface area contributed by atoms with Gasteiger partial charge >= 0.3 is 0 Å². The Bertz CT molecular complexity index is 2170. The molecular formula is C32H18N2O3. The fourth-order valence-electron chi connectivity index (χ4n) is 5.69. The first-order valence-corrected chi connectivity index (χ1v) is 12.1. The van der Waals surface area contributed by atoms with E-state index in [0.29, 0.717) is 38.3 Å². The van der Waals surface area contributed by atoms with Gasteiger partial charge in [-0.2, -0.15) is 0 Å². The van der Waals surface area contributed by atoms with E-state index in [0.717, 1.165) is 28.3 Å². The molecule has 0 saturated carbocycles. The minimum absolute atomic E-state index is 0.0710. The van der Waals surface area contributed by atoms with Crippen LogP contribution in [0.25, 0.3) is 38.1 Å². The Balaban J connectivity index is 1.58. The fourth-order valence-corrected chi connectivity index (χ4v) is 5.69. The smallest absolute Gasteiger partial charge is 0.197 e. The van der Waals surface area contributed by atoms with Crippen LogP contribution in [0.5, 0.6) is 11.5 Å². The van der Waals surface area contributed by atoms with Crippen LogP contribution in [-0.4, -0.2) is 4.40 Å². The first-order valence-electron chi connectivity index (χ1n) is 12.1. The van der Waals surface area contributed by atoms with E-state index < -0.39 is 0 Å². The van der Waals surface area contributed by atoms with Crippen molar-refractivity contribution in [3.05, 3.63) is 130 Å². The summed E-state index contributed by atoms with van der Waals surface area (Å²) in [5.41, 5.74) is 4.59. The molecule has 7 aromatic rings. The predicted octanol–water partition coefficient (Wildman–Crippen LogP) is 7.13. The summed E-state index contributed by atoms with van der Waals surface area (Å²) in [5, 5.41) is 2.24. The molecule has 5 heteroatoms. The number of nitrogens with zero attached hydrogens (tertiary/aromatic N) is 2. The molecule has 0 unspecified atom stereocenters. The van der Waals surface area contributed by atoms with E-state index in [1.165, 1.54) is 0 Å². The van der Waals surface area contributed by atoms with Gasteiger partial charge in [-0.15, -0.1) is 0 Å². The second-order valence-electron chi connectivity index (χ2n) is 9.29. The third kappa shape index (κ3) is 2.63. The predicted molar refractivity (Wildman–Crippen MR) is 148 cm³/mol. The molecule has 0 fully saturated rings. The van der Waals surface area contributed by atoms with Crippen LogP contribution in [0, 0.1) is 0 Å². The zero-order valence-electron chi connectivity index (χ0n) is 19.5. The maximum Gasteiger partial charge on any atom is 0.197 e. The van der Waals surface area contributed by atoms with Crippen LogP contribution in [0.1, 0.15) is 0 Å². The van der Waals surface area contributed by atoms with Crippen molar-refractivity contribution >= 4 is 55.2 Å². The standard InChI is InChI=1S/C32H18N2O3/c35-31-20-11-4-5-14-24(20)34-26-18-29-27(17-23(26)32(36)22-13-8-12-21(31)30(22)34)33(19-9-2-1-3-10-19)25-15-6-7-16-28(25)37-29/h1-18H. The molecule has 37 heavy (non-hydrogen) atoms. The highest BCUT2D eigenvalue weighted by molar-refractivity contribution is 6.09. The van der Waals surface area contributed by atoms with Gasteiger partial charge in [-0.1, -0.05) is 48.5 Å². The van der Waals surface area contributed by atoms with Crippen molar-refractivity contribution in [2.75, 3.05) is 4.90 Å². The summed E-state index contributed by atoms with van der Waals surface area (Å²) in [6.07, 6.45) is 0. The number of ether oxygens (including phenoxy) is 1. The number of rotatable bonds is 1. The molecule has 8 rings (SSSR count). The van der Waals surface area contributed by atoms with Crippen molar-refractivity contribution in [2.24, 2.45) is 0 Å². The van der Waals surface area contributed by atoms with Crippen molar-refractivity contribution in [3.8, 4) is 11.5 Å². The summed E-state index contributed by atoms with van der Waals surface area (Å²) in [4.78, 5) is 29.4. The van der Waals surface area contributed by atoms with Crippen LogP contribution in [0.3, 0.4) is 0 Å². The first-order chi connectivity index (χ1) is 18.2. The van der Waals surface area contributed by atoms with Crippen LogP contribution in [-0.2, 0) is 0 Å². The Morgan fingerprint density at radius 3 is 2.03 bits per heavy atom. The summed E-state index contributed by atoms with van der Waals surface area (Å²) in [6.45, 7) is 0. The van der Waals surface area contributed by atoms with Crippen molar-refractivity contribution < 1.29 is 4.74 Å². The van der Waals surface area contributed by atoms with Crippen LogP contribution in [0.15, 0.2) is 119 Å². The summed E-state index contributed by atoms with van der Waals surface area (Å²) in [6, 6.07) is 34.7. The number of hydrogen-bond donors (Lipinski definition) is 0. The summed E-state index contributed by atoms with van der Waals surface area (Å²) >= 11 is 0. The average molecular weight is 479 g/mol. The lowest BCUT2D eigenvalue weighted by atomic mass is 10.0. The van der Waals surface area contributed by atoms with E-state index in [2.05, 4.69) is 4.90 Å². The topological polar surface area (TPSA) is 51.0 Å². The largest absolute Gasteiger partial charge is 0.453 e. The summed E-state index contributed by atoms with van der Waals surface area (Å²) in [7, 11) is 0. The molecule has 0 spiro atoms. The molecule has 3 heterocycles. The second kappa shape index (κ2) is 7.18. The number of fused-ring (bicyclic) bond motifs is 6. The normalized spacial score (nSPS) is 12.7. The van der Waals surface area contributed by atoms with E-state index in [9.17, 15) is 9.59 Å². The number of benzene rings is 5. The molecule has 0 N–H and O–H groups in total. The van der Waals surface area contributed by atoms with Gasteiger partial charge in [0.15, 0.2) is 22.4 Å². The Hall–Kier alpha value is -5.16. The van der Waals surface area contributed by atoms with Crippen molar-refractivity contribution in [1.29, 1.82) is 0 Å². The maximum absolute atomic E-state index is 13.9. The molecule has 0 aliphatic carbocycles.